The molecule has 1 aromatic carbocycles. The van der Waals surface area contributed by atoms with Gasteiger partial charge in [-0.1, -0.05) is 6.07 Å². The van der Waals surface area contributed by atoms with Crippen LogP contribution >= 0.6 is 0 Å². The molecule has 0 aliphatic rings. The number of aliphatic hydroxyl groups is 2. The summed E-state index contributed by atoms with van der Waals surface area (Å²) in [5.74, 6) is -1.45. The average Bonchev–Trinajstić information content (AvgIpc) is 2.69. The maximum atomic E-state index is 10.5. The summed E-state index contributed by atoms with van der Waals surface area (Å²) < 4.78 is 0. The van der Waals surface area contributed by atoms with Gasteiger partial charge in [-0.25, -0.2) is 9.78 Å². The standard InChI is InChI=1S/C11H12N2O4/c1-5-2-3-6-7(4-5)13-10(12-6)8(14)9(15)11(16)17/h2-4,8-9,14-15H,1H3,(H,12,13)(H,16,17)/t8-,9-/m0/s1. The van der Waals surface area contributed by atoms with Crippen LogP contribution in [0.1, 0.15) is 17.5 Å². The molecule has 2 aromatic rings. The Bertz CT molecular complexity index is 564. The van der Waals surface area contributed by atoms with Crippen LogP contribution in [0.2, 0.25) is 0 Å². The number of aromatic nitrogens is 2. The maximum Gasteiger partial charge on any atom is 0.335 e. The van der Waals surface area contributed by atoms with Crippen LogP contribution in [-0.2, 0) is 4.79 Å². The number of carboxylic acids is 1. The highest BCUT2D eigenvalue weighted by Crippen LogP contribution is 2.19. The summed E-state index contributed by atoms with van der Waals surface area (Å²) in [5, 5.41) is 27.4. The van der Waals surface area contributed by atoms with Gasteiger partial charge < -0.3 is 20.3 Å². The monoisotopic (exact) mass is 236 g/mol. The van der Waals surface area contributed by atoms with Gasteiger partial charge in [0.1, 0.15) is 11.9 Å². The molecule has 17 heavy (non-hydrogen) atoms. The van der Waals surface area contributed by atoms with Gasteiger partial charge in [-0.2, -0.15) is 0 Å². The predicted octanol–water partition coefficient (Wildman–Crippen LogP) is 0.350. The zero-order valence-corrected chi connectivity index (χ0v) is 9.08. The summed E-state index contributed by atoms with van der Waals surface area (Å²) in [6.45, 7) is 1.91. The summed E-state index contributed by atoms with van der Waals surface area (Å²) in [6.07, 6.45) is -3.46. The Hall–Kier alpha value is -1.92. The topological polar surface area (TPSA) is 106 Å². The van der Waals surface area contributed by atoms with Gasteiger partial charge in [-0.15, -0.1) is 0 Å². The molecule has 0 amide bonds. The van der Waals surface area contributed by atoms with Gasteiger partial charge in [0.15, 0.2) is 6.10 Å². The van der Waals surface area contributed by atoms with Crippen molar-refractivity contribution < 1.29 is 20.1 Å². The molecule has 0 bridgehead atoms. The molecule has 0 spiro atoms. The third kappa shape index (κ3) is 2.13. The Kier molecular flexibility index (Phi) is 2.83. The van der Waals surface area contributed by atoms with Crippen LogP contribution in [-0.4, -0.2) is 37.4 Å². The van der Waals surface area contributed by atoms with Gasteiger partial charge in [0, 0.05) is 0 Å². The van der Waals surface area contributed by atoms with Crippen molar-refractivity contribution in [1.29, 1.82) is 0 Å². The van der Waals surface area contributed by atoms with E-state index in [0.717, 1.165) is 5.56 Å². The van der Waals surface area contributed by atoms with Gasteiger partial charge in [0.25, 0.3) is 0 Å². The number of carbonyl (C=O) groups is 1. The first-order valence-corrected chi connectivity index (χ1v) is 5.04. The smallest absolute Gasteiger partial charge is 0.335 e. The van der Waals surface area contributed by atoms with E-state index in [-0.39, 0.29) is 5.82 Å². The van der Waals surface area contributed by atoms with Crippen LogP contribution in [0.15, 0.2) is 18.2 Å². The van der Waals surface area contributed by atoms with Crippen LogP contribution in [0, 0.1) is 6.92 Å². The van der Waals surface area contributed by atoms with E-state index in [0.29, 0.717) is 11.0 Å². The zero-order valence-electron chi connectivity index (χ0n) is 9.08. The number of nitrogens with zero attached hydrogens (tertiary/aromatic N) is 1. The fourth-order valence-corrected chi connectivity index (χ4v) is 1.57. The lowest BCUT2D eigenvalue weighted by Gasteiger charge is -2.10. The molecule has 4 N–H and O–H groups in total. The molecule has 90 valence electrons. The summed E-state index contributed by atoms with van der Waals surface area (Å²) in [7, 11) is 0. The van der Waals surface area contributed by atoms with E-state index in [9.17, 15) is 15.0 Å². The summed E-state index contributed by atoms with van der Waals surface area (Å²) in [4.78, 5) is 17.3. The number of hydrogen-bond acceptors (Lipinski definition) is 4. The Labute approximate surface area is 96.5 Å². The van der Waals surface area contributed by atoms with E-state index in [4.69, 9.17) is 5.11 Å². The van der Waals surface area contributed by atoms with Crippen molar-refractivity contribution in [2.45, 2.75) is 19.1 Å². The normalized spacial score (nSPS) is 14.8. The first-order valence-electron chi connectivity index (χ1n) is 5.04. The van der Waals surface area contributed by atoms with Gasteiger partial charge in [0.2, 0.25) is 0 Å². The Morgan fingerprint density at radius 2 is 2.12 bits per heavy atom. The molecule has 0 aliphatic carbocycles. The Balaban J connectivity index is 2.39. The van der Waals surface area contributed by atoms with Crippen LogP contribution < -0.4 is 0 Å². The molecular formula is C11H12N2O4. The van der Waals surface area contributed by atoms with Gasteiger partial charge in [-0.3, -0.25) is 0 Å². The largest absolute Gasteiger partial charge is 0.479 e. The van der Waals surface area contributed by atoms with Gasteiger partial charge in [-0.05, 0) is 24.6 Å². The molecule has 0 unspecified atom stereocenters. The van der Waals surface area contributed by atoms with E-state index in [2.05, 4.69) is 9.97 Å². The van der Waals surface area contributed by atoms with E-state index in [1.54, 1.807) is 6.07 Å². The second-order valence-corrected chi connectivity index (χ2v) is 3.87. The van der Waals surface area contributed by atoms with Crippen molar-refractivity contribution in [3.8, 4) is 0 Å². The number of benzene rings is 1. The molecule has 1 aromatic heterocycles. The van der Waals surface area contributed by atoms with Crippen LogP contribution in [0.25, 0.3) is 11.0 Å². The first kappa shape index (κ1) is 11.6. The molecule has 0 radical (unpaired) electrons. The fraction of sp³-hybridized carbons (Fsp3) is 0.273. The van der Waals surface area contributed by atoms with Crippen LogP contribution in [0.5, 0.6) is 0 Å². The van der Waals surface area contributed by atoms with Crippen LogP contribution in [0.3, 0.4) is 0 Å². The third-order valence-corrected chi connectivity index (χ3v) is 2.49. The number of aromatic amines is 1. The zero-order chi connectivity index (χ0) is 12.6. The maximum absolute atomic E-state index is 10.5. The van der Waals surface area contributed by atoms with Crippen molar-refractivity contribution in [3.05, 3.63) is 29.6 Å². The van der Waals surface area contributed by atoms with Crippen molar-refractivity contribution in [2.24, 2.45) is 0 Å². The molecule has 0 saturated heterocycles. The van der Waals surface area contributed by atoms with E-state index >= 15 is 0 Å². The molecule has 2 rings (SSSR count). The number of aryl methyl sites for hydroxylation is 1. The number of aliphatic carboxylic acids is 1. The minimum absolute atomic E-state index is 0.0421. The third-order valence-electron chi connectivity index (χ3n) is 2.49. The van der Waals surface area contributed by atoms with Gasteiger partial charge >= 0.3 is 5.97 Å². The number of rotatable bonds is 3. The fourth-order valence-electron chi connectivity index (χ4n) is 1.57. The Morgan fingerprint density at radius 1 is 1.41 bits per heavy atom. The molecule has 0 saturated carbocycles. The highest BCUT2D eigenvalue weighted by molar-refractivity contribution is 5.77. The molecule has 0 aliphatic heterocycles. The second kappa shape index (κ2) is 4.15. The van der Waals surface area contributed by atoms with Gasteiger partial charge in [0.05, 0.1) is 11.0 Å². The number of imidazole rings is 1. The molecule has 2 atom stereocenters. The van der Waals surface area contributed by atoms with Crippen molar-refractivity contribution in [1.82, 2.24) is 9.97 Å². The lowest BCUT2D eigenvalue weighted by Crippen LogP contribution is -2.28. The predicted molar refractivity (Wildman–Crippen MR) is 59.4 cm³/mol. The minimum Gasteiger partial charge on any atom is -0.479 e. The first-order chi connectivity index (χ1) is 7.99. The number of nitrogens with one attached hydrogen (secondary N) is 1. The van der Waals surface area contributed by atoms with E-state index in [1.165, 1.54) is 0 Å². The molecule has 6 heteroatoms. The number of fused-ring (bicyclic) bond motifs is 1. The lowest BCUT2D eigenvalue weighted by atomic mass is 10.2. The van der Waals surface area contributed by atoms with Crippen molar-refractivity contribution in [2.75, 3.05) is 0 Å². The molecular weight excluding hydrogens is 224 g/mol. The SMILES string of the molecule is Cc1ccc2nc([C@@H](O)[C@H](O)C(=O)O)[nH]c2c1. The number of carboxylic acid groups (broad SMARTS) is 1. The van der Waals surface area contributed by atoms with E-state index in [1.807, 2.05) is 19.1 Å². The highest BCUT2D eigenvalue weighted by Gasteiger charge is 2.27. The highest BCUT2D eigenvalue weighted by atomic mass is 16.4. The van der Waals surface area contributed by atoms with Crippen molar-refractivity contribution in [3.63, 3.8) is 0 Å². The average molecular weight is 236 g/mol. The number of hydrogen-bond donors (Lipinski definition) is 4. The molecule has 1 heterocycles. The summed E-state index contributed by atoms with van der Waals surface area (Å²) >= 11 is 0. The second-order valence-electron chi connectivity index (χ2n) is 3.87. The quantitative estimate of drug-likeness (QED) is 0.615. The minimum atomic E-state index is -1.89. The summed E-state index contributed by atoms with van der Waals surface area (Å²) in [5.41, 5.74) is 2.32. The lowest BCUT2D eigenvalue weighted by molar-refractivity contribution is -0.153. The van der Waals surface area contributed by atoms with E-state index < -0.39 is 18.2 Å². The Morgan fingerprint density at radius 3 is 2.76 bits per heavy atom. The molecule has 0 fully saturated rings. The van der Waals surface area contributed by atoms with Crippen molar-refractivity contribution >= 4 is 17.0 Å². The molecule has 6 nitrogen and oxygen atoms in total. The summed E-state index contributed by atoms with van der Waals surface area (Å²) in [6, 6.07) is 5.43. The van der Waals surface area contributed by atoms with Crippen LogP contribution in [0.4, 0.5) is 0 Å². The number of H-pyrrole nitrogens is 1. The number of aliphatic hydroxyl groups excluding tert-OH is 2.